The molecule has 0 aliphatic heterocycles. The van der Waals surface area contributed by atoms with E-state index in [1.54, 1.807) is 7.05 Å². The number of nitrogens with one attached hydrogen (secondary N) is 2. The Morgan fingerprint density at radius 3 is 2.68 bits per heavy atom. The van der Waals surface area contributed by atoms with Gasteiger partial charge in [-0.2, -0.15) is 10.1 Å². The summed E-state index contributed by atoms with van der Waals surface area (Å²) in [5.41, 5.74) is -0.0252. The quantitative estimate of drug-likeness (QED) is 0.771. The van der Waals surface area contributed by atoms with Crippen LogP contribution in [-0.2, 0) is 7.05 Å². The Bertz CT molecular complexity index is 820. The summed E-state index contributed by atoms with van der Waals surface area (Å²) in [6.07, 6.45) is 2.89. The van der Waals surface area contributed by atoms with Gasteiger partial charge in [-0.05, 0) is 12.1 Å². The van der Waals surface area contributed by atoms with Crippen LogP contribution in [0.2, 0.25) is 0 Å². The Hall–Kier alpha value is -3.10. The standard InChI is InChI=1S/C13H10F2N6O/c1-21-6-7(5-16-21)12(22)18-13-17-11(19-20-13)10-8(14)3-2-4-9(10)15/h2-6H,1H3,(H2,17,18,19,20,22). The molecule has 9 heteroatoms. The van der Waals surface area contributed by atoms with Crippen molar-refractivity contribution in [1.29, 1.82) is 0 Å². The van der Waals surface area contributed by atoms with Gasteiger partial charge >= 0.3 is 0 Å². The topological polar surface area (TPSA) is 88.5 Å². The van der Waals surface area contributed by atoms with Gasteiger partial charge in [0.05, 0.1) is 17.3 Å². The van der Waals surface area contributed by atoms with Crippen LogP contribution >= 0.6 is 0 Å². The molecule has 2 heterocycles. The monoisotopic (exact) mass is 304 g/mol. The van der Waals surface area contributed by atoms with E-state index in [-0.39, 0.29) is 17.3 Å². The molecule has 0 fully saturated rings. The third kappa shape index (κ3) is 2.55. The Morgan fingerprint density at radius 2 is 2.05 bits per heavy atom. The van der Waals surface area contributed by atoms with Gasteiger partial charge in [-0.3, -0.25) is 19.9 Å². The summed E-state index contributed by atoms with van der Waals surface area (Å²) in [5, 5.41) is 12.4. The van der Waals surface area contributed by atoms with Crippen LogP contribution in [0.3, 0.4) is 0 Å². The molecule has 0 aliphatic rings. The van der Waals surface area contributed by atoms with E-state index in [1.165, 1.54) is 23.1 Å². The Morgan fingerprint density at radius 1 is 1.32 bits per heavy atom. The lowest BCUT2D eigenvalue weighted by Gasteiger charge is -1.99. The number of aryl methyl sites for hydroxylation is 1. The molecule has 0 saturated heterocycles. The number of aromatic amines is 1. The zero-order chi connectivity index (χ0) is 15.7. The molecule has 2 aromatic heterocycles. The van der Waals surface area contributed by atoms with E-state index in [0.717, 1.165) is 12.1 Å². The first kappa shape index (κ1) is 13.9. The van der Waals surface area contributed by atoms with Crippen molar-refractivity contribution in [3.8, 4) is 11.4 Å². The SMILES string of the molecule is Cn1cc(C(=O)Nc2n[nH]c(-c3c(F)cccc3F)n2)cn1. The first-order valence-corrected chi connectivity index (χ1v) is 6.21. The number of anilines is 1. The minimum Gasteiger partial charge on any atom is -0.289 e. The van der Waals surface area contributed by atoms with E-state index in [0.29, 0.717) is 5.56 Å². The molecule has 22 heavy (non-hydrogen) atoms. The first-order valence-electron chi connectivity index (χ1n) is 6.21. The number of hydrogen-bond acceptors (Lipinski definition) is 4. The second-order valence-electron chi connectivity index (χ2n) is 4.46. The average Bonchev–Trinajstić information content (AvgIpc) is 3.08. The molecule has 3 rings (SSSR count). The van der Waals surface area contributed by atoms with Gasteiger partial charge in [0.15, 0.2) is 5.82 Å². The molecule has 0 unspecified atom stereocenters. The molecular formula is C13H10F2N6O. The van der Waals surface area contributed by atoms with Gasteiger partial charge in [0.25, 0.3) is 5.91 Å². The third-order valence-corrected chi connectivity index (χ3v) is 2.88. The van der Waals surface area contributed by atoms with Crippen molar-refractivity contribution in [1.82, 2.24) is 25.0 Å². The van der Waals surface area contributed by atoms with Crippen molar-refractivity contribution in [2.24, 2.45) is 7.05 Å². The Kier molecular flexibility index (Phi) is 3.37. The number of aromatic nitrogens is 5. The molecule has 3 aromatic rings. The summed E-state index contributed by atoms with van der Waals surface area (Å²) < 4.78 is 28.8. The van der Waals surface area contributed by atoms with E-state index in [4.69, 9.17) is 0 Å². The molecule has 0 aliphatic carbocycles. The van der Waals surface area contributed by atoms with Crippen LogP contribution in [0.4, 0.5) is 14.7 Å². The highest BCUT2D eigenvalue weighted by Gasteiger charge is 2.17. The first-order chi connectivity index (χ1) is 10.5. The zero-order valence-electron chi connectivity index (χ0n) is 11.3. The number of amides is 1. The fraction of sp³-hybridized carbons (Fsp3) is 0.0769. The van der Waals surface area contributed by atoms with Crippen molar-refractivity contribution in [3.63, 3.8) is 0 Å². The summed E-state index contributed by atoms with van der Waals surface area (Å²) >= 11 is 0. The lowest BCUT2D eigenvalue weighted by Crippen LogP contribution is -2.12. The van der Waals surface area contributed by atoms with Crippen molar-refractivity contribution in [2.45, 2.75) is 0 Å². The molecule has 2 N–H and O–H groups in total. The van der Waals surface area contributed by atoms with Gasteiger partial charge in [-0.15, -0.1) is 5.10 Å². The third-order valence-electron chi connectivity index (χ3n) is 2.88. The summed E-state index contributed by atoms with van der Waals surface area (Å²) in [6.45, 7) is 0. The molecule has 112 valence electrons. The maximum atomic E-state index is 13.6. The average molecular weight is 304 g/mol. The van der Waals surface area contributed by atoms with Gasteiger partial charge < -0.3 is 0 Å². The molecule has 0 atom stereocenters. The van der Waals surface area contributed by atoms with Crippen LogP contribution in [0, 0.1) is 11.6 Å². The molecule has 7 nitrogen and oxygen atoms in total. The summed E-state index contributed by atoms with van der Waals surface area (Å²) in [6, 6.07) is 3.46. The van der Waals surface area contributed by atoms with Gasteiger partial charge in [0.2, 0.25) is 5.95 Å². The van der Waals surface area contributed by atoms with E-state index < -0.39 is 17.5 Å². The van der Waals surface area contributed by atoms with Crippen LogP contribution in [0.5, 0.6) is 0 Å². The minimum atomic E-state index is -0.777. The van der Waals surface area contributed by atoms with Gasteiger partial charge in [0, 0.05) is 13.2 Å². The lowest BCUT2D eigenvalue weighted by molar-refractivity contribution is 0.102. The summed E-state index contributed by atoms with van der Waals surface area (Å²) in [5.74, 6) is -2.24. The number of hydrogen-bond donors (Lipinski definition) is 2. The number of halogens is 2. The number of carbonyl (C=O) groups excluding carboxylic acids is 1. The number of rotatable bonds is 3. The van der Waals surface area contributed by atoms with E-state index in [9.17, 15) is 13.6 Å². The molecule has 1 aromatic carbocycles. The van der Waals surface area contributed by atoms with Gasteiger partial charge in [-0.1, -0.05) is 6.07 Å². The maximum absolute atomic E-state index is 13.6. The van der Waals surface area contributed by atoms with E-state index in [2.05, 4.69) is 25.6 Å². The molecule has 1 amide bonds. The highest BCUT2D eigenvalue weighted by atomic mass is 19.1. The van der Waals surface area contributed by atoms with Crippen LogP contribution in [0.25, 0.3) is 11.4 Å². The predicted molar refractivity (Wildman–Crippen MR) is 72.9 cm³/mol. The molecule has 0 spiro atoms. The number of carbonyl (C=O) groups is 1. The van der Waals surface area contributed by atoms with Crippen molar-refractivity contribution < 1.29 is 13.6 Å². The Labute approximate surface area is 123 Å². The van der Waals surface area contributed by atoms with Gasteiger partial charge in [0.1, 0.15) is 11.6 Å². The molecule has 0 saturated carbocycles. The highest BCUT2D eigenvalue weighted by Crippen LogP contribution is 2.23. The van der Waals surface area contributed by atoms with Crippen LogP contribution in [0.15, 0.2) is 30.6 Å². The smallest absolute Gasteiger partial charge is 0.261 e. The predicted octanol–water partition coefficient (Wildman–Crippen LogP) is 1.74. The largest absolute Gasteiger partial charge is 0.289 e. The molecular weight excluding hydrogens is 294 g/mol. The number of H-pyrrole nitrogens is 1. The number of nitrogens with zero attached hydrogens (tertiary/aromatic N) is 4. The maximum Gasteiger partial charge on any atom is 0.261 e. The fourth-order valence-electron chi connectivity index (χ4n) is 1.87. The van der Waals surface area contributed by atoms with Crippen molar-refractivity contribution in [2.75, 3.05) is 5.32 Å². The highest BCUT2D eigenvalue weighted by molar-refractivity contribution is 6.03. The number of benzene rings is 1. The Balaban J connectivity index is 1.84. The van der Waals surface area contributed by atoms with Crippen LogP contribution in [0.1, 0.15) is 10.4 Å². The van der Waals surface area contributed by atoms with Crippen LogP contribution < -0.4 is 5.32 Å². The lowest BCUT2D eigenvalue weighted by atomic mass is 10.2. The normalized spacial score (nSPS) is 10.7. The molecule has 0 radical (unpaired) electrons. The van der Waals surface area contributed by atoms with Crippen LogP contribution in [-0.4, -0.2) is 30.9 Å². The molecule has 0 bridgehead atoms. The minimum absolute atomic E-state index is 0.0912. The second kappa shape index (κ2) is 5.35. The summed E-state index contributed by atoms with van der Waals surface area (Å²) in [7, 11) is 1.67. The van der Waals surface area contributed by atoms with Crippen molar-refractivity contribution >= 4 is 11.9 Å². The van der Waals surface area contributed by atoms with E-state index >= 15 is 0 Å². The van der Waals surface area contributed by atoms with Gasteiger partial charge in [-0.25, -0.2) is 8.78 Å². The fourth-order valence-corrected chi connectivity index (χ4v) is 1.87. The van der Waals surface area contributed by atoms with E-state index in [1.807, 2.05) is 0 Å². The second-order valence-corrected chi connectivity index (χ2v) is 4.46. The van der Waals surface area contributed by atoms with Crippen molar-refractivity contribution in [3.05, 3.63) is 47.8 Å². The zero-order valence-corrected chi connectivity index (χ0v) is 11.3. The summed E-state index contributed by atoms with van der Waals surface area (Å²) in [4.78, 5) is 15.8.